The molecule has 0 saturated heterocycles. The first kappa shape index (κ1) is 20.4. The first-order valence-corrected chi connectivity index (χ1v) is 9.59. The predicted molar refractivity (Wildman–Crippen MR) is 109 cm³/mol. The molecule has 0 aromatic heterocycles. The zero-order valence-corrected chi connectivity index (χ0v) is 17.0. The summed E-state index contributed by atoms with van der Waals surface area (Å²) in [5.41, 5.74) is 4.10. The standard InChI is InChI=1S/C22H24ClNO4/c1-22(2,3)28-13-19(20(23)25)24-21(26)27-12-18-16-10-6-4-8-14(16)15-9-5-7-11-17(15)18/h4-11,18-19H,12-13H2,1-3H3,(H,24,26)/t19-/m1/s1. The number of amides is 1. The van der Waals surface area contributed by atoms with Gasteiger partial charge in [-0.25, -0.2) is 4.79 Å². The highest BCUT2D eigenvalue weighted by Gasteiger charge is 2.30. The van der Waals surface area contributed by atoms with Crippen molar-refractivity contribution in [1.29, 1.82) is 0 Å². The Labute approximate surface area is 170 Å². The van der Waals surface area contributed by atoms with Crippen molar-refractivity contribution in [2.24, 2.45) is 0 Å². The lowest BCUT2D eigenvalue weighted by molar-refractivity contribution is -0.116. The van der Waals surface area contributed by atoms with Gasteiger partial charge in [-0.05, 0) is 54.6 Å². The van der Waals surface area contributed by atoms with Gasteiger partial charge in [-0.3, -0.25) is 4.79 Å². The maximum absolute atomic E-state index is 12.3. The molecule has 6 heteroatoms. The van der Waals surface area contributed by atoms with Gasteiger partial charge in [0.25, 0.3) is 0 Å². The monoisotopic (exact) mass is 401 g/mol. The fourth-order valence-electron chi connectivity index (χ4n) is 3.28. The molecule has 1 aliphatic rings. The molecule has 0 fully saturated rings. The van der Waals surface area contributed by atoms with Crippen molar-refractivity contribution in [3.05, 3.63) is 59.7 Å². The molecule has 148 valence electrons. The van der Waals surface area contributed by atoms with Crippen LogP contribution in [0.1, 0.15) is 37.8 Å². The quantitative estimate of drug-likeness (QED) is 0.725. The van der Waals surface area contributed by atoms with Gasteiger partial charge >= 0.3 is 6.09 Å². The summed E-state index contributed by atoms with van der Waals surface area (Å²) >= 11 is 5.59. The van der Waals surface area contributed by atoms with Gasteiger partial charge in [0.1, 0.15) is 12.6 Å². The van der Waals surface area contributed by atoms with Crippen molar-refractivity contribution in [2.45, 2.75) is 38.3 Å². The highest BCUT2D eigenvalue weighted by molar-refractivity contribution is 6.64. The van der Waals surface area contributed by atoms with Gasteiger partial charge in [0.15, 0.2) is 0 Å². The molecule has 0 radical (unpaired) electrons. The molecule has 0 aliphatic heterocycles. The molecule has 1 amide bonds. The maximum atomic E-state index is 12.3. The van der Waals surface area contributed by atoms with Crippen LogP contribution in [0.15, 0.2) is 48.5 Å². The lowest BCUT2D eigenvalue weighted by Crippen LogP contribution is -2.44. The Morgan fingerprint density at radius 3 is 2.07 bits per heavy atom. The predicted octanol–water partition coefficient (Wildman–Crippen LogP) is 4.47. The summed E-state index contributed by atoms with van der Waals surface area (Å²) < 4.78 is 11.0. The first-order chi connectivity index (χ1) is 13.3. The van der Waals surface area contributed by atoms with Crippen molar-refractivity contribution in [3.63, 3.8) is 0 Å². The van der Waals surface area contributed by atoms with Crippen LogP contribution >= 0.6 is 11.6 Å². The molecular weight excluding hydrogens is 378 g/mol. The fourth-order valence-corrected chi connectivity index (χ4v) is 3.40. The van der Waals surface area contributed by atoms with E-state index in [1.807, 2.05) is 57.2 Å². The van der Waals surface area contributed by atoms with Crippen LogP contribution in [-0.4, -0.2) is 36.2 Å². The molecule has 0 spiro atoms. The smallest absolute Gasteiger partial charge is 0.407 e. The Morgan fingerprint density at radius 2 is 1.57 bits per heavy atom. The van der Waals surface area contributed by atoms with E-state index in [0.717, 1.165) is 22.3 Å². The number of carbonyl (C=O) groups is 2. The molecule has 2 aromatic carbocycles. The van der Waals surface area contributed by atoms with Crippen molar-refractivity contribution < 1.29 is 19.1 Å². The summed E-state index contributed by atoms with van der Waals surface area (Å²) in [5, 5.41) is 1.80. The van der Waals surface area contributed by atoms with E-state index in [9.17, 15) is 9.59 Å². The van der Waals surface area contributed by atoms with E-state index in [-0.39, 0.29) is 19.1 Å². The van der Waals surface area contributed by atoms with E-state index >= 15 is 0 Å². The fraction of sp³-hybridized carbons (Fsp3) is 0.364. The second-order valence-electron chi connectivity index (χ2n) is 7.75. The SMILES string of the molecule is CC(C)(C)OC[C@@H](NC(=O)OCC1c2ccccc2-c2ccccc21)C(=O)Cl. The Morgan fingerprint density at radius 1 is 1.04 bits per heavy atom. The number of nitrogens with one attached hydrogen (secondary N) is 1. The topological polar surface area (TPSA) is 64.6 Å². The Kier molecular flexibility index (Phi) is 6.06. The largest absolute Gasteiger partial charge is 0.449 e. The number of carbonyl (C=O) groups excluding carboxylic acids is 2. The summed E-state index contributed by atoms with van der Waals surface area (Å²) in [7, 11) is 0. The maximum Gasteiger partial charge on any atom is 0.407 e. The van der Waals surface area contributed by atoms with Crippen LogP contribution in [0.3, 0.4) is 0 Å². The summed E-state index contributed by atoms with van der Waals surface area (Å²) in [4.78, 5) is 23.9. The number of halogens is 1. The van der Waals surface area contributed by atoms with Crippen LogP contribution in [0.5, 0.6) is 0 Å². The van der Waals surface area contributed by atoms with E-state index in [1.54, 1.807) is 0 Å². The number of hydrogen-bond donors (Lipinski definition) is 1. The van der Waals surface area contributed by atoms with Crippen molar-refractivity contribution in [3.8, 4) is 11.1 Å². The number of alkyl carbamates (subject to hydrolysis) is 1. The third-order valence-corrected chi connectivity index (χ3v) is 4.86. The summed E-state index contributed by atoms with van der Waals surface area (Å²) in [5.74, 6) is -0.0471. The lowest BCUT2D eigenvalue weighted by Gasteiger charge is -2.23. The number of ether oxygens (including phenoxy) is 2. The van der Waals surface area contributed by atoms with Crippen molar-refractivity contribution in [1.82, 2.24) is 5.32 Å². The number of benzene rings is 2. The van der Waals surface area contributed by atoms with E-state index < -0.39 is 23.0 Å². The Bertz CT molecular complexity index is 829. The Hall–Kier alpha value is -2.37. The second-order valence-corrected chi connectivity index (χ2v) is 8.12. The van der Waals surface area contributed by atoms with Gasteiger partial charge in [0.2, 0.25) is 5.24 Å². The third kappa shape index (κ3) is 4.72. The van der Waals surface area contributed by atoms with Crippen LogP contribution in [0.25, 0.3) is 11.1 Å². The molecule has 1 N–H and O–H groups in total. The molecular formula is C22H24ClNO4. The van der Waals surface area contributed by atoms with Crippen LogP contribution in [0, 0.1) is 0 Å². The van der Waals surface area contributed by atoms with Gasteiger partial charge in [-0.1, -0.05) is 48.5 Å². The van der Waals surface area contributed by atoms with Crippen LogP contribution < -0.4 is 5.32 Å². The number of fused-ring (bicyclic) bond motifs is 3. The van der Waals surface area contributed by atoms with E-state index in [2.05, 4.69) is 17.4 Å². The highest BCUT2D eigenvalue weighted by atomic mass is 35.5. The summed E-state index contributed by atoms with van der Waals surface area (Å²) in [6.45, 7) is 5.72. The van der Waals surface area contributed by atoms with Gasteiger partial charge < -0.3 is 14.8 Å². The average molecular weight is 402 g/mol. The zero-order chi connectivity index (χ0) is 20.3. The molecule has 0 bridgehead atoms. The average Bonchev–Trinajstić information content (AvgIpc) is 2.96. The molecule has 28 heavy (non-hydrogen) atoms. The number of hydrogen-bond acceptors (Lipinski definition) is 4. The third-order valence-electron chi connectivity index (χ3n) is 4.59. The lowest BCUT2D eigenvalue weighted by atomic mass is 9.98. The van der Waals surface area contributed by atoms with E-state index in [4.69, 9.17) is 21.1 Å². The number of rotatable bonds is 6. The van der Waals surface area contributed by atoms with Crippen molar-refractivity contribution in [2.75, 3.05) is 13.2 Å². The molecule has 1 aliphatic carbocycles. The molecule has 2 aromatic rings. The Balaban J connectivity index is 1.65. The normalized spacial score (nSPS) is 14.1. The minimum absolute atomic E-state index is 0.0178. The highest BCUT2D eigenvalue weighted by Crippen LogP contribution is 2.44. The molecule has 0 saturated carbocycles. The zero-order valence-electron chi connectivity index (χ0n) is 16.2. The second kappa shape index (κ2) is 8.33. The van der Waals surface area contributed by atoms with Gasteiger partial charge in [0.05, 0.1) is 12.2 Å². The van der Waals surface area contributed by atoms with E-state index in [1.165, 1.54) is 0 Å². The van der Waals surface area contributed by atoms with E-state index in [0.29, 0.717) is 0 Å². The molecule has 0 heterocycles. The van der Waals surface area contributed by atoms with Crippen LogP contribution in [-0.2, 0) is 14.3 Å². The molecule has 1 atom stereocenters. The minimum Gasteiger partial charge on any atom is -0.449 e. The van der Waals surface area contributed by atoms with Crippen LogP contribution in [0.2, 0.25) is 0 Å². The van der Waals surface area contributed by atoms with Gasteiger partial charge in [-0.15, -0.1) is 0 Å². The van der Waals surface area contributed by atoms with Gasteiger partial charge in [-0.2, -0.15) is 0 Å². The molecule has 0 unspecified atom stereocenters. The minimum atomic E-state index is -0.962. The van der Waals surface area contributed by atoms with Crippen LogP contribution in [0.4, 0.5) is 4.79 Å². The molecule has 3 rings (SSSR count). The molecule has 5 nitrogen and oxygen atoms in total. The summed E-state index contributed by atoms with van der Waals surface area (Å²) in [6.07, 6.45) is -0.696. The van der Waals surface area contributed by atoms with Gasteiger partial charge in [0, 0.05) is 5.92 Å². The van der Waals surface area contributed by atoms with Crippen molar-refractivity contribution >= 4 is 22.9 Å². The summed E-state index contributed by atoms with van der Waals surface area (Å²) in [6, 6.07) is 15.2. The first-order valence-electron chi connectivity index (χ1n) is 9.21.